The van der Waals surface area contributed by atoms with Crippen LogP contribution in [-0.2, 0) is 27.2 Å². The topological polar surface area (TPSA) is 43.4 Å². The standard InChI is InChI=1S/C14H13BrO3S2/c1-8(16)5-10-6-11(15)20-14(10)13-9(3-4-19-13)7-12(17)18-2/h3-4,6H,5,7H2,1-2H3. The van der Waals surface area contributed by atoms with Gasteiger partial charge in [0, 0.05) is 16.2 Å². The van der Waals surface area contributed by atoms with Crippen LogP contribution < -0.4 is 0 Å². The Morgan fingerprint density at radius 2 is 2.00 bits per heavy atom. The number of ether oxygens (including phenoxy) is 1. The Hall–Kier alpha value is -0.980. The molecule has 6 heteroatoms. The van der Waals surface area contributed by atoms with Gasteiger partial charge in [0.1, 0.15) is 5.78 Å². The van der Waals surface area contributed by atoms with E-state index in [2.05, 4.69) is 15.9 Å². The van der Waals surface area contributed by atoms with Crippen LogP contribution in [0.4, 0.5) is 0 Å². The lowest BCUT2D eigenvalue weighted by Gasteiger charge is -2.04. The van der Waals surface area contributed by atoms with Crippen molar-refractivity contribution in [3.63, 3.8) is 0 Å². The van der Waals surface area contributed by atoms with Gasteiger partial charge < -0.3 is 4.74 Å². The number of carbonyl (C=O) groups is 2. The van der Waals surface area contributed by atoms with Crippen molar-refractivity contribution in [2.24, 2.45) is 0 Å². The lowest BCUT2D eigenvalue weighted by atomic mass is 10.1. The SMILES string of the molecule is COC(=O)Cc1ccsc1-c1sc(Br)cc1CC(C)=O. The van der Waals surface area contributed by atoms with Gasteiger partial charge in [0.15, 0.2) is 0 Å². The van der Waals surface area contributed by atoms with Crippen molar-refractivity contribution in [1.82, 2.24) is 0 Å². The molecule has 0 spiro atoms. The maximum Gasteiger partial charge on any atom is 0.310 e. The van der Waals surface area contributed by atoms with Crippen molar-refractivity contribution >= 4 is 50.4 Å². The number of halogens is 1. The molecule has 0 saturated carbocycles. The average Bonchev–Trinajstić information content (AvgIpc) is 2.95. The minimum absolute atomic E-state index is 0.127. The van der Waals surface area contributed by atoms with E-state index in [4.69, 9.17) is 4.74 Å². The van der Waals surface area contributed by atoms with Crippen LogP contribution in [0.3, 0.4) is 0 Å². The molecule has 0 aliphatic rings. The van der Waals surface area contributed by atoms with E-state index in [1.54, 1.807) is 29.6 Å². The Morgan fingerprint density at radius 1 is 1.25 bits per heavy atom. The zero-order valence-electron chi connectivity index (χ0n) is 11.1. The van der Waals surface area contributed by atoms with Gasteiger partial charge in [-0.15, -0.1) is 22.7 Å². The predicted molar refractivity (Wildman–Crippen MR) is 85.4 cm³/mol. The first-order chi connectivity index (χ1) is 9.51. The molecule has 0 amide bonds. The molecule has 0 unspecified atom stereocenters. The molecule has 0 aliphatic heterocycles. The largest absolute Gasteiger partial charge is 0.469 e. The number of thiophene rings is 2. The Morgan fingerprint density at radius 3 is 2.65 bits per heavy atom. The van der Waals surface area contributed by atoms with Gasteiger partial charge in [-0.3, -0.25) is 9.59 Å². The molecular formula is C14H13BrO3S2. The minimum Gasteiger partial charge on any atom is -0.469 e. The van der Waals surface area contributed by atoms with Crippen molar-refractivity contribution in [2.75, 3.05) is 7.11 Å². The van der Waals surface area contributed by atoms with Gasteiger partial charge in [-0.05, 0) is 51.5 Å². The van der Waals surface area contributed by atoms with Gasteiger partial charge >= 0.3 is 5.97 Å². The molecule has 2 rings (SSSR count). The molecule has 0 N–H and O–H groups in total. The highest BCUT2D eigenvalue weighted by Gasteiger charge is 2.17. The fraction of sp³-hybridized carbons (Fsp3) is 0.286. The summed E-state index contributed by atoms with van der Waals surface area (Å²) in [4.78, 5) is 24.9. The van der Waals surface area contributed by atoms with E-state index in [1.165, 1.54) is 7.11 Å². The number of ketones is 1. The molecule has 0 aliphatic carbocycles. The molecule has 0 saturated heterocycles. The zero-order chi connectivity index (χ0) is 14.7. The van der Waals surface area contributed by atoms with Crippen LogP contribution in [0.15, 0.2) is 21.3 Å². The van der Waals surface area contributed by atoms with Gasteiger partial charge in [-0.1, -0.05) is 0 Å². The fourth-order valence-corrected chi connectivity index (χ4v) is 4.70. The number of Topliss-reactive ketones (excluding diaryl/α,β-unsaturated/α-hetero) is 1. The minimum atomic E-state index is -0.256. The van der Waals surface area contributed by atoms with Gasteiger partial charge in [0.2, 0.25) is 0 Å². The summed E-state index contributed by atoms with van der Waals surface area (Å²) in [7, 11) is 1.39. The van der Waals surface area contributed by atoms with Crippen LogP contribution in [0.2, 0.25) is 0 Å². The number of hydrogen-bond donors (Lipinski definition) is 0. The van der Waals surface area contributed by atoms with Crippen LogP contribution in [0.1, 0.15) is 18.1 Å². The summed E-state index contributed by atoms with van der Waals surface area (Å²) in [5, 5.41) is 1.96. The van der Waals surface area contributed by atoms with Crippen LogP contribution in [-0.4, -0.2) is 18.9 Å². The second-order valence-corrected chi connectivity index (χ2v) is 7.66. The van der Waals surface area contributed by atoms with Crippen LogP contribution in [0.25, 0.3) is 9.75 Å². The molecule has 0 bridgehead atoms. The molecule has 20 heavy (non-hydrogen) atoms. The summed E-state index contributed by atoms with van der Waals surface area (Å²) in [6, 6.07) is 3.91. The van der Waals surface area contributed by atoms with E-state index in [0.29, 0.717) is 6.42 Å². The van der Waals surface area contributed by atoms with E-state index < -0.39 is 0 Å². The molecule has 2 aromatic rings. The molecular weight excluding hydrogens is 360 g/mol. The number of carbonyl (C=O) groups excluding carboxylic acids is 2. The smallest absolute Gasteiger partial charge is 0.310 e. The molecule has 2 aromatic heterocycles. The van der Waals surface area contributed by atoms with Gasteiger partial charge in [0.05, 0.1) is 17.3 Å². The third kappa shape index (κ3) is 3.56. The molecule has 0 aromatic carbocycles. The van der Waals surface area contributed by atoms with Gasteiger partial charge in [-0.2, -0.15) is 0 Å². The normalized spacial score (nSPS) is 10.6. The molecule has 2 heterocycles. The summed E-state index contributed by atoms with van der Waals surface area (Å²) in [5.74, 6) is -0.129. The quantitative estimate of drug-likeness (QED) is 0.742. The van der Waals surface area contributed by atoms with Gasteiger partial charge in [0.25, 0.3) is 0 Å². The summed E-state index contributed by atoms with van der Waals surface area (Å²) >= 11 is 6.63. The first-order valence-corrected chi connectivity index (χ1v) is 8.41. The Labute approximate surface area is 133 Å². The van der Waals surface area contributed by atoms with Gasteiger partial charge in [-0.25, -0.2) is 0 Å². The van der Waals surface area contributed by atoms with Crippen molar-refractivity contribution in [2.45, 2.75) is 19.8 Å². The summed E-state index contributed by atoms with van der Waals surface area (Å²) in [6.45, 7) is 1.58. The highest BCUT2D eigenvalue weighted by molar-refractivity contribution is 9.11. The Balaban J connectivity index is 2.39. The van der Waals surface area contributed by atoms with Crippen molar-refractivity contribution in [3.05, 3.63) is 32.4 Å². The number of rotatable bonds is 5. The van der Waals surface area contributed by atoms with Crippen LogP contribution in [0.5, 0.6) is 0 Å². The third-order valence-corrected chi connectivity index (χ3v) is 5.53. The second-order valence-electron chi connectivity index (χ2n) is 4.31. The number of esters is 1. The number of hydrogen-bond acceptors (Lipinski definition) is 5. The Kier molecular flexibility index (Phi) is 5.12. The van der Waals surface area contributed by atoms with Crippen LogP contribution in [0, 0.1) is 0 Å². The fourth-order valence-electron chi connectivity index (χ4n) is 1.89. The van der Waals surface area contributed by atoms with E-state index >= 15 is 0 Å². The summed E-state index contributed by atoms with van der Waals surface area (Å²) in [5.41, 5.74) is 1.95. The Bertz CT molecular complexity index is 643. The van der Waals surface area contributed by atoms with E-state index in [1.807, 2.05) is 17.5 Å². The maximum absolute atomic E-state index is 11.5. The first-order valence-electron chi connectivity index (χ1n) is 5.92. The summed E-state index contributed by atoms with van der Waals surface area (Å²) < 4.78 is 5.71. The first kappa shape index (κ1) is 15.4. The third-order valence-electron chi connectivity index (χ3n) is 2.73. The molecule has 0 fully saturated rings. The monoisotopic (exact) mass is 372 g/mol. The lowest BCUT2D eigenvalue weighted by Crippen LogP contribution is -2.04. The maximum atomic E-state index is 11.5. The van der Waals surface area contributed by atoms with E-state index in [9.17, 15) is 9.59 Å². The molecule has 3 nitrogen and oxygen atoms in total. The van der Waals surface area contributed by atoms with Crippen molar-refractivity contribution < 1.29 is 14.3 Å². The second kappa shape index (κ2) is 6.65. The predicted octanol–water partition coefficient (Wildman–Crippen LogP) is 4.09. The highest BCUT2D eigenvalue weighted by Crippen LogP contribution is 2.40. The lowest BCUT2D eigenvalue weighted by molar-refractivity contribution is -0.139. The van der Waals surface area contributed by atoms with E-state index in [0.717, 1.165) is 24.7 Å². The summed E-state index contributed by atoms with van der Waals surface area (Å²) in [6.07, 6.45) is 0.664. The molecule has 106 valence electrons. The number of methoxy groups -OCH3 is 1. The van der Waals surface area contributed by atoms with E-state index in [-0.39, 0.29) is 18.2 Å². The van der Waals surface area contributed by atoms with Crippen molar-refractivity contribution in [1.29, 1.82) is 0 Å². The molecule has 0 atom stereocenters. The van der Waals surface area contributed by atoms with Crippen molar-refractivity contribution in [3.8, 4) is 9.75 Å². The van der Waals surface area contributed by atoms with Crippen LogP contribution >= 0.6 is 38.6 Å². The average molecular weight is 373 g/mol. The highest BCUT2D eigenvalue weighted by atomic mass is 79.9. The zero-order valence-corrected chi connectivity index (χ0v) is 14.3. The molecule has 0 radical (unpaired) electrons.